The molecule has 0 saturated carbocycles. The molecule has 1 atom stereocenters. The van der Waals surface area contributed by atoms with Crippen LogP contribution in [0.3, 0.4) is 0 Å². The summed E-state index contributed by atoms with van der Waals surface area (Å²) in [4.78, 5) is 27.5. The number of carbonyl (C=O) groups excluding carboxylic acids is 1. The Bertz CT molecular complexity index is 868. The Morgan fingerprint density at radius 3 is 2.62 bits per heavy atom. The van der Waals surface area contributed by atoms with E-state index in [1.807, 2.05) is 26.0 Å². The molecule has 5 nitrogen and oxygen atoms in total. The number of carbonyl (C=O) groups is 1. The van der Waals surface area contributed by atoms with Crippen LogP contribution in [-0.4, -0.2) is 17.5 Å². The van der Waals surface area contributed by atoms with Crippen LogP contribution in [0.15, 0.2) is 23.0 Å². The quantitative estimate of drug-likeness (QED) is 0.891. The van der Waals surface area contributed by atoms with E-state index in [0.29, 0.717) is 18.6 Å². The summed E-state index contributed by atoms with van der Waals surface area (Å²) < 4.78 is 5.77. The van der Waals surface area contributed by atoms with Gasteiger partial charge in [0.1, 0.15) is 11.3 Å². The summed E-state index contributed by atoms with van der Waals surface area (Å²) in [5, 5.41) is 3.01. The van der Waals surface area contributed by atoms with E-state index >= 15 is 0 Å². The zero-order valence-corrected chi connectivity index (χ0v) is 14.4. The normalized spacial score (nSPS) is 16.2. The molecular weight excluding hydrogens is 304 g/mol. The first-order valence-electron chi connectivity index (χ1n) is 8.12. The number of ether oxygens (including phenoxy) is 1. The summed E-state index contributed by atoms with van der Waals surface area (Å²) >= 11 is 0. The summed E-state index contributed by atoms with van der Waals surface area (Å²) in [6.45, 7) is 8.16. The molecule has 2 aromatic rings. The molecule has 1 aromatic heterocycles. The van der Waals surface area contributed by atoms with Crippen LogP contribution >= 0.6 is 0 Å². The molecule has 3 rings (SSSR count). The van der Waals surface area contributed by atoms with Crippen molar-refractivity contribution in [3.63, 3.8) is 0 Å². The van der Waals surface area contributed by atoms with E-state index in [-0.39, 0.29) is 23.1 Å². The average molecular weight is 326 g/mol. The van der Waals surface area contributed by atoms with Gasteiger partial charge in [0.05, 0.1) is 12.6 Å². The van der Waals surface area contributed by atoms with Gasteiger partial charge in [-0.2, -0.15) is 0 Å². The van der Waals surface area contributed by atoms with E-state index < -0.39 is 0 Å². The topological polar surface area (TPSA) is 71.2 Å². The number of aromatic nitrogens is 1. The van der Waals surface area contributed by atoms with Gasteiger partial charge in [-0.1, -0.05) is 17.7 Å². The fourth-order valence-corrected chi connectivity index (χ4v) is 3.39. The van der Waals surface area contributed by atoms with Gasteiger partial charge in [-0.25, -0.2) is 0 Å². The number of amides is 1. The maximum absolute atomic E-state index is 12.7. The Morgan fingerprint density at radius 1 is 1.17 bits per heavy atom. The predicted molar refractivity (Wildman–Crippen MR) is 92.8 cm³/mol. The molecule has 0 bridgehead atoms. The van der Waals surface area contributed by atoms with Crippen molar-refractivity contribution in [3.8, 4) is 5.75 Å². The number of benzene rings is 1. The van der Waals surface area contributed by atoms with E-state index in [4.69, 9.17) is 4.74 Å². The Hall–Kier alpha value is -2.56. The molecule has 1 aliphatic rings. The molecule has 0 fully saturated rings. The van der Waals surface area contributed by atoms with Crippen molar-refractivity contribution in [3.05, 3.63) is 62.1 Å². The van der Waals surface area contributed by atoms with Crippen molar-refractivity contribution in [2.24, 2.45) is 0 Å². The zero-order chi connectivity index (χ0) is 17.4. The van der Waals surface area contributed by atoms with Crippen molar-refractivity contribution in [1.82, 2.24) is 10.3 Å². The number of nitrogens with one attached hydrogen (secondary N) is 2. The predicted octanol–water partition coefficient (Wildman–Crippen LogP) is 2.86. The number of H-pyrrole nitrogens is 1. The number of rotatable bonds is 2. The first kappa shape index (κ1) is 16.3. The van der Waals surface area contributed by atoms with Crippen LogP contribution in [0, 0.1) is 27.7 Å². The minimum Gasteiger partial charge on any atom is -0.493 e. The van der Waals surface area contributed by atoms with E-state index in [1.165, 1.54) is 0 Å². The highest BCUT2D eigenvalue weighted by Crippen LogP contribution is 2.35. The van der Waals surface area contributed by atoms with Crippen LogP contribution in [-0.2, 0) is 0 Å². The standard InChI is InChI=1S/C19H22N2O3/c1-10-7-12(3)17-14(8-10)15(5-6-24-17)21-19(23)16-11(2)9-13(4)20-18(16)22/h7-9,15H,5-6H2,1-4H3,(H,20,22)(H,21,23). The van der Waals surface area contributed by atoms with Gasteiger partial charge in [-0.05, 0) is 44.9 Å². The number of hydrogen-bond donors (Lipinski definition) is 2. The lowest BCUT2D eigenvalue weighted by Crippen LogP contribution is -2.36. The minimum absolute atomic E-state index is 0.153. The Morgan fingerprint density at radius 2 is 1.92 bits per heavy atom. The first-order chi connectivity index (χ1) is 11.4. The van der Waals surface area contributed by atoms with Gasteiger partial charge in [0, 0.05) is 17.7 Å². The van der Waals surface area contributed by atoms with Crippen molar-refractivity contribution >= 4 is 5.91 Å². The Balaban J connectivity index is 1.94. The van der Waals surface area contributed by atoms with Gasteiger partial charge in [0.2, 0.25) is 0 Å². The Kier molecular flexibility index (Phi) is 4.18. The van der Waals surface area contributed by atoms with Crippen molar-refractivity contribution in [2.45, 2.75) is 40.2 Å². The molecule has 1 amide bonds. The molecule has 2 heterocycles. The van der Waals surface area contributed by atoms with Crippen LogP contribution in [0.25, 0.3) is 0 Å². The third kappa shape index (κ3) is 2.94. The maximum Gasteiger partial charge on any atom is 0.261 e. The second-order valence-corrected chi connectivity index (χ2v) is 6.50. The second-order valence-electron chi connectivity index (χ2n) is 6.50. The lowest BCUT2D eigenvalue weighted by Gasteiger charge is -2.28. The van der Waals surface area contributed by atoms with Crippen molar-refractivity contribution in [2.75, 3.05) is 6.61 Å². The highest BCUT2D eigenvalue weighted by Gasteiger charge is 2.26. The highest BCUT2D eigenvalue weighted by molar-refractivity contribution is 5.95. The smallest absolute Gasteiger partial charge is 0.261 e. The van der Waals surface area contributed by atoms with E-state index in [2.05, 4.69) is 16.4 Å². The molecule has 1 aliphatic heterocycles. The minimum atomic E-state index is -0.349. The lowest BCUT2D eigenvalue weighted by atomic mass is 9.95. The van der Waals surface area contributed by atoms with Gasteiger partial charge >= 0.3 is 0 Å². The van der Waals surface area contributed by atoms with Gasteiger partial charge in [-0.3, -0.25) is 9.59 Å². The number of fused-ring (bicyclic) bond motifs is 1. The van der Waals surface area contributed by atoms with Crippen LogP contribution in [0.2, 0.25) is 0 Å². The highest BCUT2D eigenvalue weighted by atomic mass is 16.5. The molecule has 5 heteroatoms. The summed E-state index contributed by atoms with van der Waals surface area (Å²) in [6, 6.07) is 5.76. The van der Waals surface area contributed by atoms with Crippen molar-refractivity contribution < 1.29 is 9.53 Å². The second kappa shape index (κ2) is 6.15. The van der Waals surface area contributed by atoms with E-state index in [9.17, 15) is 9.59 Å². The summed E-state index contributed by atoms with van der Waals surface area (Å²) in [6.07, 6.45) is 0.685. The largest absolute Gasteiger partial charge is 0.493 e. The van der Waals surface area contributed by atoms with Gasteiger partial charge in [0.25, 0.3) is 11.5 Å². The number of aromatic amines is 1. The van der Waals surface area contributed by atoms with Gasteiger partial charge in [-0.15, -0.1) is 0 Å². The van der Waals surface area contributed by atoms with Crippen LogP contribution < -0.4 is 15.6 Å². The summed E-state index contributed by atoms with van der Waals surface area (Å²) in [5.74, 6) is 0.498. The number of aryl methyl sites for hydroxylation is 4. The molecule has 1 aromatic carbocycles. The molecule has 2 N–H and O–H groups in total. The first-order valence-corrected chi connectivity index (χ1v) is 8.12. The van der Waals surface area contributed by atoms with E-state index in [1.54, 1.807) is 13.8 Å². The monoisotopic (exact) mass is 326 g/mol. The van der Waals surface area contributed by atoms with Crippen LogP contribution in [0.4, 0.5) is 0 Å². The van der Waals surface area contributed by atoms with Gasteiger partial charge in [0.15, 0.2) is 0 Å². The fourth-order valence-electron chi connectivity index (χ4n) is 3.39. The van der Waals surface area contributed by atoms with Crippen LogP contribution in [0.1, 0.15) is 50.8 Å². The molecule has 24 heavy (non-hydrogen) atoms. The fraction of sp³-hybridized carbons (Fsp3) is 0.368. The average Bonchev–Trinajstić information content (AvgIpc) is 2.47. The van der Waals surface area contributed by atoms with Gasteiger partial charge < -0.3 is 15.0 Å². The van der Waals surface area contributed by atoms with Crippen LogP contribution in [0.5, 0.6) is 5.75 Å². The number of pyridine rings is 1. The maximum atomic E-state index is 12.7. The summed E-state index contributed by atoms with van der Waals surface area (Å²) in [7, 11) is 0. The SMILES string of the molecule is Cc1cc(C)c2c(c1)C(NC(=O)c1c(C)cc(C)[nH]c1=O)CCO2. The molecular formula is C19H22N2O3. The third-order valence-corrected chi connectivity index (χ3v) is 4.37. The molecule has 0 radical (unpaired) electrons. The molecule has 126 valence electrons. The third-order valence-electron chi connectivity index (χ3n) is 4.37. The zero-order valence-electron chi connectivity index (χ0n) is 14.4. The number of hydrogen-bond acceptors (Lipinski definition) is 3. The summed E-state index contributed by atoms with van der Waals surface area (Å²) in [5.41, 5.74) is 4.43. The molecule has 0 spiro atoms. The Labute approximate surface area is 141 Å². The molecule has 0 aliphatic carbocycles. The molecule has 0 saturated heterocycles. The van der Waals surface area contributed by atoms with E-state index in [0.717, 1.165) is 28.1 Å². The molecule has 1 unspecified atom stereocenters. The van der Waals surface area contributed by atoms with Crippen molar-refractivity contribution in [1.29, 1.82) is 0 Å². The lowest BCUT2D eigenvalue weighted by molar-refractivity contribution is 0.0922.